The average Bonchev–Trinajstić information content (AvgIpc) is 3.55. The topological polar surface area (TPSA) is 69.5 Å². The van der Waals surface area contributed by atoms with Crippen LogP contribution >= 0.6 is 11.3 Å². The molecule has 3 aliphatic rings. The SMILES string of the molecule is O=C(c1ccc(-c2ccc3c(c2)OCCO3)s1)N1CCCC1c1nnc2n1CCCCC2. The van der Waals surface area contributed by atoms with Crippen LogP contribution in [-0.2, 0) is 13.0 Å². The summed E-state index contributed by atoms with van der Waals surface area (Å²) in [4.78, 5) is 17.3. The Balaban J connectivity index is 1.25. The first-order valence-electron chi connectivity index (χ1n) is 11.5. The van der Waals surface area contributed by atoms with E-state index < -0.39 is 0 Å². The van der Waals surface area contributed by atoms with E-state index in [4.69, 9.17) is 9.47 Å². The van der Waals surface area contributed by atoms with Gasteiger partial charge in [0.05, 0.1) is 10.9 Å². The molecule has 0 spiro atoms. The van der Waals surface area contributed by atoms with E-state index >= 15 is 0 Å². The summed E-state index contributed by atoms with van der Waals surface area (Å²) >= 11 is 1.53. The Morgan fingerprint density at radius 2 is 1.88 bits per heavy atom. The van der Waals surface area contributed by atoms with Crippen molar-refractivity contribution in [2.75, 3.05) is 19.8 Å². The normalized spacial score (nSPS) is 20.1. The molecule has 7 nitrogen and oxygen atoms in total. The fourth-order valence-corrected chi connectivity index (χ4v) is 5.94. The Hall–Kier alpha value is -2.87. The van der Waals surface area contributed by atoms with Crippen molar-refractivity contribution in [1.29, 1.82) is 0 Å². The molecule has 166 valence electrons. The second-order valence-electron chi connectivity index (χ2n) is 8.62. The largest absolute Gasteiger partial charge is 0.486 e. The van der Waals surface area contributed by atoms with E-state index in [1.165, 1.54) is 24.2 Å². The molecule has 0 N–H and O–H groups in total. The molecule has 6 rings (SSSR count). The Labute approximate surface area is 191 Å². The molecule has 1 unspecified atom stereocenters. The number of ether oxygens (including phenoxy) is 2. The molecule has 1 aromatic carbocycles. The molecule has 0 saturated carbocycles. The highest BCUT2D eigenvalue weighted by atomic mass is 32.1. The number of aromatic nitrogens is 3. The Morgan fingerprint density at radius 3 is 2.81 bits per heavy atom. The van der Waals surface area contributed by atoms with E-state index in [-0.39, 0.29) is 11.9 Å². The van der Waals surface area contributed by atoms with Crippen molar-refractivity contribution in [3.63, 3.8) is 0 Å². The number of hydrogen-bond acceptors (Lipinski definition) is 6. The number of thiophene rings is 1. The van der Waals surface area contributed by atoms with E-state index in [1.54, 1.807) is 0 Å². The molecule has 8 heteroatoms. The van der Waals surface area contributed by atoms with Crippen molar-refractivity contribution in [3.8, 4) is 21.9 Å². The number of aryl methyl sites for hydroxylation is 1. The fourth-order valence-electron chi connectivity index (χ4n) is 4.98. The average molecular weight is 451 g/mol. The van der Waals surface area contributed by atoms with E-state index in [9.17, 15) is 4.79 Å². The Morgan fingerprint density at radius 1 is 0.969 bits per heavy atom. The molecule has 0 aliphatic carbocycles. The summed E-state index contributed by atoms with van der Waals surface area (Å²) in [5.74, 6) is 3.68. The molecule has 3 aliphatic heterocycles. The van der Waals surface area contributed by atoms with Crippen LogP contribution in [0.25, 0.3) is 10.4 Å². The lowest BCUT2D eigenvalue weighted by molar-refractivity contribution is 0.0732. The zero-order chi connectivity index (χ0) is 21.5. The molecule has 3 aromatic rings. The van der Waals surface area contributed by atoms with Gasteiger partial charge in [0.25, 0.3) is 5.91 Å². The number of nitrogens with zero attached hydrogens (tertiary/aromatic N) is 4. The van der Waals surface area contributed by atoms with E-state index in [2.05, 4.69) is 14.8 Å². The van der Waals surface area contributed by atoms with E-state index in [0.717, 1.165) is 77.2 Å². The number of carbonyl (C=O) groups is 1. The highest BCUT2D eigenvalue weighted by Gasteiger charge is 2.35. The molecule has 1 fully saturated rings. The van der Waals surface area contributed by atoms with Crippen LogP contribution in [0.5, 0.6) is 11.5 Å². The number of carbonyl (C=O) groups excluding carboxylic acids is 1. The Bertz CT molecular complexity index is 1150. The second-order valence-corrected chi connectivity index (χ2v) is 9.70. The predicted molar refractivity (Wildman–Crippen MR) is 121 cm³/mol. The van der Waals surface area contributed by atoms with Gasteiger partial charge in [0.15, 0.2) is 17.3 Å². The summed E-state index contributed by atoms with van der Waals surface area (Å²) in [6.07, 6.45) is 6.49. The molecule has 0 bridgehead atoms. The maximum atomic E-state index is 13.5. The fraction of sp³-hybridized carbons (Fsp3) is 0.458. The molecule has 1 atom stereocenters. The van der Waals surface area contributed by atoms with Gasteiger partial charge in [-0.3, -0.25) is 4.79 Å². The lowest BCUT2D eigenvalue weighted by Gasteiger charge is -2.24. The third-order valence-electron chi connectivity index (χ3n) is 6.59. The summed E-state index contributed by atoms with van der Waals surface area (Å²) < 4.78 is 13.6. The second kappa shape index (κ2) is 8.24. The van der Waals surface area contributed by atoms with Crippen molar-refractivity contribution >= 4 is 17.2 Å². The van der Waals surface area contributed by atoms with Crippen LogP contribution in [0.15, 0.2) is 30.3 Å². The summed E-state index contributed by atoms with van der Waals surface area (Å²) in [5.41, 5.74) is 1.04. The van der Waals surface area contributed by atoms with E-state index in [1.807, 2.05) is 35.2 Å². The van der Waals surface area contributed by atoms with Gasteiger partial charge in [-0.2, -0.15) is 0 Å². The highest BCUT2D eigenvalue weighted by Crippen LogP contribution is 2.39. The van der Waals surface area contributed by atoms with Crippen LogP contribution < -0.4 is 9.47 Å². The summed E-state index contributed by atoms with van der Waals surface area (Å²) in [6, 6.07) is 9.95. The van der Waals surface area contributed by atoms with Crippen LogP contribution in [0.2, 0.25) is 0 Å². The van der Waals surface area contributed by atoms with Gasteiger partial charge in [-0.25, -0.2) is 0 Å². The minimum Gasteiger partial charge on any atom is -0.486 e. The Kier molecular flexibility index (Phi) is 5.09. The van der Waals surface area contributed by atoms with Crippen molar-refractivity contribution in [2.24, 2.45) is 0 Å². The number of amides is 1. The first-order chi connectivity index (χ1) is 15.8. The number of fused-ring (bicyclic) bond motifs is 2. The predicted octanol–water partition coefficient (Wildman–Crippen LogP) is 4.48. The van der Waals surface area contributed by atoms with Crippen LogP contribution in [0.4, 0.5) is 0 Å². The van der Waals surface area contributed by atoms with Gasteiger partial charge in [-0.15, -0.1) is 21.5 Å². The number of hydrogen-bond donors (Lipinski definition) is 0. The first-order valence-corrected chi connectivity index (χ1v) is 12.3. The smallest absolute Gasteiger partial charge is 0.264 e. The van der Waals surface area contributed by atoms with Crippen molar-refractivity contribution < 1.29 is 14.3 Å². The molecule has 0 radical (unpaired) electrons. The van der Waals surface area contributed by atoms with Crippen LogP contribution in [0.1, 0.15) is 59.5 Å². The van der Waals surface area contributed by atoms with Gasteiger partial charge < -0.3 is 18.9 Å². The number of likely N-dealkylation sites (tertiary alicyclic amines) is 1. The van der Waals surface area contributed by atoms with Crippen molar-refractivity contribution in [1.82, 2.24) is 19.7 Å². The van der Waals surface area contributed by atoms with E-state index in [0.29, 0.717) is 13.2 Å². The maximum absolute atomic E-state index is 13.5. The summed E-state index contributed by atoms with van der Waals surface area (Å²) in [5, 5.41) is 9.00. The number of benzene rings is 1. The van der Waals surface area contributed by atoms with Crippen LogP contribution in [0.3, 0.4) is 0 Å². The molecular weight excluding hydrogens is 424 g/mol. The maximum Gasteiger partial charge on any atom is 0.264 e. The van der Waals surface area contributed by atoms with Gasteiger partial charge in [0.2, 0.25) is 0 Å². The molecular formula is C24H26N4O3S. The minimum atomic E-state index is 0.0155. The summed E-state index contributed by atoms with van der Waals surface area (Å²) in [7, 11) is 0. The highest BCUT2D eigenvalue weighted by molar-refractivity contribution is 7.17. The quantitative estimate of drug-likeness (QED) is 0.588. The number of rotatable bonds is 3. The van der Waals surface area contributed by atoms with Gasteiger partial charge in [0, 0.05) is 24.4 Å². The standard InChI is InChI=1S/C24H26N4O3S/c29-24(21-10-9-20(32-21)16-7-8-18-19(15-16)31-14-13-30-18)27-12-4-5-17(27)23-26-25-22-6-2-1-3-11-28(22)23/h7-10,15,17H,1-6,11-14H2. The lowest BCUT2D eigenvalue weighted by Crippen LogP contribution is -2.31. The lowest BCUT2D eigenvalue weighted by atomic mass is 10.1. The first kappa shape index (κ1) is 19.8. The minimum absolute atomic E-state index is 0.0155. The summed E-state index contributed by atoms with van der Waals surface area (Å²) in [6.45, 7) is 2.87. The van der Waals surface area contributed by atoms with Gasteiger partial charge >= 0.3 is 0 Å². The third-order valence-corrected chi connectivity index (χ3v) is 7.72. The van der Waals surface area contributed by atoms with Gasteiger partial charge in [-0.1, -0.05) is 6.42 Å². The molecule has 1 amide bonds. The van der Waals surface area contributed by atoms with Crippen molar-refractivity contribution in [3.05, 3.63) is 46.9 Å². The molecule has 2 aromatic heterocycles. The van der Waals surface area contributed by atoms with Crippen molar-refractivity contribution in [2.45, 2.75) is 51.1 Å². The van der Waals surface area contributed by atoms with Gasteiger partial charge in [-0.05, 0) is 61.6 Å². The monoisotopic (exact) mass is 450 g/mol. The van der Waals surface area contributed by atoms with Crippen LogP contribution in [0, 0.1) is 0 Å². The zero-order valence-electron chi connectivity index (χ0n) is 18.0. The zero-order valence-corrected chi connectivity index (χ0v) is 18.8. The molecule has 1 saturated heterocycles. The third kappa shape index (κ3) is 3.46. The molecule has 5 heterocycles. The molecule has 32 heavy (non-hydrogen) atoms. The van der Waals surface area contributed by atoms with Gasteiger partial charge in [0.1, 0.15) is 19.0 Å². The van der Waals surface area contributed by atoms with Crippen LogP contribution in [-0.4, -0.2) is 45.3 Å².